The third-order valence-corrected chi connectivity index (χ3v) is 5.41. The Balaban J connectivity index is 0.00000363. The maximum Gasteiger partial charge on any atom is 0.573 e. The number of ether oxygens (including phenoxy) is 3. The highest BCUT2D eigenvalue weighted by Gasteiger charge is 2.42. The van der Waals surface area contributed by atoms with E-state index in [1.54, 1.807) is 18.2 Å². The maximum atomic E-state index is 12.7. The predicted molar refractivity (Wildman–Crippen MR) is 128 cm³/mol. The number of alkyl halides is 3. The first-order valence-electron chi connectivity index (χ1n) is 11.0. The van der Waals surface area contributed by atoms with Gasteiger partial charge in [-0.3, -0.25) is 4.99 Å². The van der Waals surface area contributed by atoms with E-state index in [0.29, 0.717) is 37.1 Å². The van der Waals surface area contributed by atoms with E-state index in [0.717, 1.165) is 45.5 Å². The Labute approximate surface area is 204 Å². The molecule has 2 aliphatic rings. The molecule has 1 aromatic rings. The van der Waals surface area contributed by atoms with Crippen molar-refractivity contribution >= 4 is 29.9 Å². The molecule has 1 saturated heterocycles. The highest BCUT2D eigenvalue weighted by molar-refractivity contribution is 14.0. The van der Waals surface area contributed by atoms with E-state index < -0.39 is 6.36 Å². The lowest BCUT2D eigenvalue weighted by atomic mass is 10.0. The smallest absolute Gasteiger partial charge is 0.405 e. The maximum absolute atomic E-state index is 12.7. The minimum absolute atomic E-state index is 0. The molecule has 6 nitrogen and oxygen atoms in total. The Kier molecular flexibility index (Phi) is 11.3. The number of nitrogens with zero attached hydrogens (tertiary/aromatic N) is 1. The molecule has 2 atom stereocenters. The fourth-order valence-corrected chi connectivity index (χ4v) is 3.72. The Bertz CT molecular complexity index is 715. The second-order valence-corrected chi connectivity index (χ2v) is 7.92. The molecule has 2 N–H and O–H groups in total. The number of halogens is 4. The number of para-hydroxylation sites is 1. The van der Waals surface area contributed by atoms with E-state index in [9.17, 15) is 13.2 Å². The van der Waals surface area contributed by atoms with E-state index in [4.69, 9.17) is 9.47 Å². The fourth-order valence-electron chi connectivity index (χ4n) is 3.72. The van der Waals surface area contributed by atoms with Crippen LogP contribution in [0.1, 0.15) is 44.1 Å². The first-order chi connectivity index (χ1) is 15.0. The van der Waals surface area contributed by atoms with E-state index in [2.05, 4.69) is 20.4 Å². The summed E-state index contributed by atoms with van der Waals surface area (Å²) < 4.78 is 53.3. The molecule has 0 radical (unpaired) electrons. The first kappa shape index (κ1) is 27.0. The first-order valence-corrected chi connectivity index (χ1v) is 11.0. The van der Waals surface area contributed by atoms with Crippen LogP contribution in [-0.2, 0) is 9.47 Å². The third kappa shape index (κ3) is 9.30. The average Bonchev–Trinajstić information content (AvgIpc) is 3.49. The summed E-state index contributed by atoms with van der Waals surface area (Å²) in [5.41, 5.74) is 0.565. The van der Waals surface area contributed by atoms with Gasteiger partial charge in [0.15, 0.2) is 5.96 Å². The lowest BCUT2D eigenvalue weighted by molar-refractivity contribution is -0.274. The number of nitrogens with one attached hydrogen (secondary N) is 2. The van der Waals surface area contributed by atoms with Gasteiger partial charge in [0.1, 0.15) is 5.75 Å². The Morgan fingerprint density at radius 1 is 1.22 bits per heavy atom. The third-order valence-electron chi connectivity index (χ3n) is 5.41. The quantitative estimate of drug-likeness (QED) is 0.188. The van der Waals surface area contributed by atoms with Crippen LogP contribution in [0.4, 0.5) is 13.2 Å². The largest absolute Gasteiger partial charge is 0.573 e. The molecule has 1 saturated carbocycles. The van der Waals surface area contributed by atoms with Crippen LogP contribution in [0.2, 0.25) is 0 Å². The molecule has 1 heterocycles. The second kappa shape index (κ2) is 13.4. The molecular weight excluding hydrogens is 538 g/mol. The zero-order valence-corrected chi connectivity index (χ0v) is 20.7. The number of hydrogen-bond donors (Lipinski definition) is 2. The van der Waals surface area contributed by atoms with Crippen LogP contribution in [0, 0.1) is 5.92 Å². The minimum atomic E-state index is -4.70. The number of aliphatic imine (C=N–C) groups is 1. The van der Waals surface area contributed by atoms with Gasteiger partial charge in [-0.25, -0.2) is 0 Å². The zero-order valence-electron chi connectivity index (χ0n) is 18.3. The van der Waals surface area contributed by atoms with Crippen molar-refractivity contribution in [3.63, 3.8) is 0 Å². The monoisotopic (exact) mass is 571 g/mol. The van der Waals surface area contributed by atoms with Gasteiger partial charge < -0.3 is 24.8 Å². The van der Waals surface area contributed by atoms with Crippen LogP contribution >= 0.6 is 24.0 Å². The number of rotatable bonds is 10. The summed E-state index contributed by atoms with van der Waals surface area (Å²) in [7, 11) is 0. The van der Waals surface area contributed by atoms with E-state index >= 15 is 0 Å². The number of hydrogen-bond acceptors (Lipinski definition) is 4. The van der Waals surface area contributed by atoms with Gasteiger partial charge in [-0.05, 0) is 50.2 Å². The summed E-state index contributed by atoms with van der Waals surface area (Å²) in [6.07, 6.45) is -1.02. The van der Waals surface area contributed by atoms with E-state index in [1.165, 1.54) is 6.07 Å². The van der Waals surface area contributed by atoms with Gasteiger partial charge in [-0.1, -0.05) is 18.2 Å². The summed E-state index contributed by atoms with van der Waals surface area (Å²) in [5, 5.41) is 6.51. The average molecular weight is 571 g/mol. The van der Waals surface area contributed by atoms with E-state index in [-0.39, 0.29) is 41.7 Å². The lowest BCUT2D eigenvalue weighted by Gasteiger charge is -2.21. The van der Waals surface area contributed by atoms with Crippen molar-refractivity contribution in [2.24, 2.45) is 10.9 Å². The molecule has 1 aromatic carbocycles. The van der Waals surface area contributed by atoms with Gasteiger partial charge in [0.25, 0.3) is 0 Å². The van der Waals surface area contributed by atoms with E-state index in [1.807, 2.05) is 6.92 Å². The molecule has 1 aliphatic heterocycles. The van der Waals surface area contributed by atoms with Gasteiger partial charge in [-0.15, -0.1) is 37.1 Å². The standard InChI is InChI=1S/C22H32F3N3O3.HI/c1-2-26-21(27-10-5-11-30-15-16-8-12-29-13-9-16)28-19-14-18(19)17-6-3-4-7-20(17)31-22(23,24)25;/h3-4,6-7,16,18-19H,2,5,8-15H2,1H3,(H2,26,27,28);1H. The molecule has 2 fully saturated rings. The molecule has 0 aromatic heterocycles. The van der Waals surface area contributed by atoms with Crippen LogP contribution in [-0.4, -0.2) is 57.9 Å². The Morgan fingerprint density at radius 2 is 1.97 bits per heavy atom. The van der Waals surface area contributed by atoms with Crippen LogP contribution in [0.25, 0.3) is 0 Å². The topological polar surface area (TPSA) is 64.1 Å². The second-order valence-electron chi connectivity index (χ2n) is 7.92. The van der Waals surface area contributed by atoms with Crippen LogP contribution in [0.3, 0.4) is 0 Å². The molecule has 182 valence electrons. The van der Waals surface area contributed by atoms with Gasteiger partial charge in [0, 0.05) is 51.5 Å². The molecule has 3 rings (SSSR count). The number of guanidine groups is 1. The van der Waals surface area contributed by atoms with Crippen molar-refractivity contribution < 1.29 is 27.4 Å². The molecule has 10 heteroatoms. The van der Waals surface area contributed by atoms with Crippen molar-refractivity contribution in [3.05, 3.63) is 29.8 Å². The highest BCUT2D eigenvalue weighted by Crippen LogP contribution is 2.45. The summed E-state index contributed by atoms with van der Waals surface area (Å²) >= 11 is 0. The fraction of sp³-hybridized carbons (Fsp3) is 0.682. The van der Waals surface area contributed by atoms with Crippen molar-refractivity contribution in [2.45, 2.75) is 50.9 Å². The minimum Gasteiger partial charge on any atom is -0.405 e. The van der Waals surface area contributed by atoms with Crippen molar-refractivity contribution in [3.8, 4) is 5.75 Å². The molecule has 0 amide bonds. The van der Waals surface area contributed by atoms with Crippen LogP contribution in [0.5, 0.6) is 5.75 Å². The summed E-state index contributed by atoms with van der Waals surface area (Å²) in [5.74, 6) is 1.10. The molecular formula is C22H33F3IN3O3. The van der Waals surface area contributed by atoms with Gasteiger partial charge in [0.05, 0.1) is 0 Å². The van der Waals surface area contributed by atoms with Crippen LogP contribution < -0.4 is 15.4 Å². The van der Waals surface area contributed by atoms with Gasteiger partial charge in [0.2, 0.25) is 0 Å². The van der Waals surface area contributed by atoms with Gasteiger partial charge >= 0.3 is 6.36 Å². The SMILES string of the molecule is CCNC(=NCCCOCC1CCOCC1)NC1CC1c1ccccc1OC(F)(F)F.I. The predicted octanol–water partition coefficient (Wildman–Crippen LogP) is 4.45. The molecule has 32 heavy (non-hydrogen) atoms. The zero-order chi connectivity index (χ0) is 22.1. The molecule has 1 aliphatic carbocycles. The normalized spacial score (nSPS) is 21.6. The highest BCUT2D eigenvalue weighted by atomic mass is 127. The van der Waals surface area contributed by atoms with Gasteiger partial charge in [-0.2, -0.15) is 0 Å². The van der Waals surface area contributed by atoms with Crippen molar-refractivity contribution in [2.75, 3.05) is 39.5 Å². The number of benzene rings is 1. The summed E-state index contributed by atoms with van der Waals surface area (Å²) in [4.78, 5) is 4.57. The van der Waals surface area contributed by atoms with Crippen molar-refractivity contribution in [1.29, 1.82) is 0 Å². The summed E-state index contributed by atoms with van der Waals surface area (Å²) in [6, 6.07) is 6.35. The lowest BCUT2D eigenvalue weighted by Crippen LogP contribution is -2.39. The molecule has 0 spiro atoms. The Hall–Kier alpha value is -1.27. The van der Waals surface area contributed by atoms with Crippen molar-refractivity contribution in [1.82, 2.24) is 10.6 Å². The van der Waals surface area contributed by atoms with Crippen LogP contribution in [0.15, 0.2) is 29.3 Å². The molecule has 2 unspecified atom stereocenters. The Morgan fingerprint density at radius 3 is 2.69 bits per heavy atom. The summed E-state index contributed by atoms with van der Waals surface area (Å²) in [6.45, 7) is 6.38. The molecule has 0 bridgehead atoms.